The van der Waals surface area contributed by atoms with Crippen molar-refractivity contribution in [2.45, 2.75) is 24.7 Å². The summed E-state index contributed by atoms with van der Waals surface area (Å²) in [5, 5.41) is 9.14. The molecule has 1 aromatic carbocycles. The number of hydrogen-bond acceptors (Lipinski definition) is 4. The predicted molar refractivity (Wildman–Crippen MR) is 74.7 cm³/mol. The van der Waals surface area contributed by atoms with Gasteiger partial charge in [-0.25, -0.2) is 9.78 Å². The summed E-state index contributed by atoms with van der Waals surface area (Å²) in [7, 11) is 0. The molecule has 0 unspecified atom stereocenters. The minimum Gasteiger partial charge on any atom is -0.475 e. The Morgan fingerprint density at radius 1 is 1.42 bits per heavy atom. The highest BCUT2D eigenvalue weighted by atomic mass is 32.2. The topological polar surface area (TPSA) is 63.3 Å². The maximum absolute atomic E-state index is 11.2. The Balaban J connectivity index is 2.51. The van der Waals surface area contributed by atoms with Crippen molar-refractivity contribution in [3.63, 3.8) is 0 Å². The molecule has 0 atom stereocenters. The van der Waals surface area contributed by atoms with Crippen LogP contribution in [0.3, 0.4) is 0 Å². The van der Waals surface area contributed by atoms with Crippen molar-refractivity contribution in [1.82, 2.24) is 4.98 Å². The van der Waals surface area contributed by atoms with Gasteiger partial charge in [-0.2, -0.15) is 0 Å². The van der Waals surface area contributed by atoms with Crippen LogP contribution in [0.15, 0.2) is 33.6 Å². The van der Waals surface area contributed by atoms with Gasteiger partial charge in [0.1, 0.15) is 0 Å². The summed E-state index contributed by atoms with van der Waals surface area (Å²) in [4.78, 5) is 16.5. The third-order valence-electron chi connectivity index (χ3n) is 2.72. The van der Waals surface area contributed by atoms with Crippen molar-refractivity contribution in [2.24, 2.45) is 0 Å². The van der Waals surface area contributed by atoms with Crippen molar-refractivity contribution >= 4 is 17.7 Å². The Morgan fingerprint density at radius 2 is 2.16 bits per heavy atom. The number of hydrogen-bond donors (Lipinski definition) is 1. The molecular weight excluding hydrogens is 262 g/mol. The second-order valence-corrected chi connectivity index (χ2v) is 4.90. The van der Waals surface area contributed by atoms with E-state index in [1.807, 2.05) is 37.4 Å². The zero-order chi connectivity index (χ0) is 13.8. The lowest BCUT2D eigenvalue weighted by Crippen LogP contribution is -1.99. The lowest BCUT2D eigenvalue weighted by atomic mass is 10.2. The van der Waals surface area contributed by atoms with Crippen molar-refractivity contribution in [2.75, 3.05) is 6.26 Å². The van der Waals surface area contributed by atoms with Crippen molar-refractivity contribution in [3.05, 3.63) is 35.7 Å². The van der Waals surface area contributed by atoms with Crippen molar-refractivity contribution in [3.8, 4) is 11.5 Å². The maximum Gasteiger partial charge on any atom is 0.373 e. The fraction of sp³-hybridized carbons (Fsp3) is 0.286. The number of aryl methyl sites for hydroxylation is 1. The van der Waals surface area contributed by atoms with Crippen LogP contribution in [0.5, 0.6) is 0 Å². The molecule has 5 heteroatoms. The number of rotatable bonds is 5. The summed E-state index contributed by atoms with van der Waals surface area (Å²) in [5.74, 6) is -0.734. The van der Waals surface area contributed by atoms with Gasteiger partial charge >= 0.3 is 5.97 Å². The van der Waals surface area contributed by atoms with E-state index >= 15 is 0 Å². The summed E-state index contributed by atoms with van der Waals surface area (Å²) in [5.41, 5.74) is 1.35. The number of carboxylic acid groups (broad SMARTS) is 1. The molecule has 2 aromatic rings. The first kappa shape index (κ1) is 13.7. The number of oxazole rings is 1. The van der Waals surface area contributed by atoms with E-state index in [0.29, 0.717) is 18.0 Å². The number of thioether (sulfide) groups is 1. The van der Waals surface area contributed by atoms with Crippen LogP contribution >= 0.6 is 11.8 Å². The zero-order valence-corrected chi connectivity index (χ0v) is 11.7. The van der Waals surface area contributed by atoms with Crippen molar-refractivity contribution < 1.29 is 14.3 Å². The Kier molecular flexibility index (Phi) is 4.27. The molecule has 0 radical (unpaired) electrons. The van der Waals surface area contributed by atoms with Crippen LogP contribution < -0.4 is 0 Å². The molecule has 2 rings (SSSR count). The van der Waals surface area contributed by atoms with Gasteiger partial charge in [-0.1, -0.05) is 25.5 Å². The van der Waals surface area contributed by atoms with E-state index < -0.39 is 5.97 Å². The number of nitrogens with zero attached hydrogens (tertiary/aromatic N) is 1. The normalized spacial score (nSPS) is 10.6. The Hall–Kier alpha value is -1.75. The summed E-state index contributed by atoms with van der Waals surface area (Å²) < 4.78 is 5.43. The molecule has 0 aliphatic heterocycles. The monoisotopic (exact) mass is 277 g/mol. The summed E-state index contributed by atoms with van der Waals surface area (Å²) in [6.45, 7) is 1.98. The van der Waals surface area contributed by atoms with Crippen LogP contribution in [0, 0.1) is 0 Å². The lowest BCUT2D eigenvalue weighted by molar-refractivity contribution is 0.0661. The largest absolute Gasteiger partial charge is 0.475 e. The molecule has 1 aromatic heterocycles. The highest BCUT2D eigenvalue weighted by Gasteiger charge is 2.20. The molecular formula is C14H15NO3S. The molecule has 1 N–H and O–H groups in total. The molecule has 100 valence electrons. The van der Waals surface area contributed by atoms with E-state index in [-0.39, 0.29) is 5.76 Å². The first-order valence-electron chi connectivity index (χ1n) is 6.03. The van der Waals surface area contributed by atoms with E-state index in [1.54, 1.807) is 11.8 Å². The smallest absolute Gasteiger partial charge is 0.373 e. The molecule has 0 aliphatic rings. The number of carboxylic acids is 1. The number of carbonyl (C=O) groups is 1. The average Bonchev–Trinajstić information content (AvgIpc) is 2.83. The molecule has 19 heavy (non-hydrogen) atoms. The van der Waals surface area contributed by atoms with Gasteiger partial charge in [0.05, 0.1) is 11.3 Å². The summed E-state index contributed by atoms with van der Waals surface area (Å²) in [6.07, 6.45) is 3.40. The molecule has 0 amide bonds. The molecule has 1 heterocycles. The minimum absolute atomic E-state index is 0.0484. The molecule has 4 nitrogen and oxygen atoms in total. The molecule has 0 fully saturated rings. The minimum atomic E-state index is -1.07. The van der Waals surface area contributed by atoms with Gasteiger partial charge in [0.25, 0.3) is 0 Å². The fourth-order valence-electron chi connectivity index (χ4n) is 1.86. The second-order valence-electron chi connectivity index (χ2n) is 4.05. The van der Waals surface area contributed by atoms with Gasteiger partial charge < -0.3 is 9.52 Å². The van der Waals surface area contributed by atoms with E-state index in [4.69, 9.17) is 9.52 Å². The van der Waals surface area contributed by atoms with E-state index in [1.165, 1.54) is 0 Å². The highest BCUT2D eigenvalue weighted by molar-refractivity contribution is 7.98. The number of aromatic nitrogens is 1. The quantitative estimate of drug-likeness (QED) is 0.844. The molecule has 0 aliphatic carbocycles. The van der Waals surface area contributed by atoms with E-state index in [9.17, 15) is 4.79 Å². The van der Waals surface area contributed by atoms with Crippen LogP contribution in [0.4, 0.5) is 0 Å². The summed E-state index contributed by atoms with van der Waals surface area (Å²) >= 11 is 1.58. The van der Waals surface area contributed by atoms with Gasteiger partial charge in [-0.15, -0.1) is 11.8 Å². The van der Waals surface area contributed by atoms with Gasteiger partial charge in [0, 0.05) is 4.90 Å². The molecule has 0 bridgehead atoms. The average molecular weight is 277 g/mol. The van der Waals surface area contributed by atoms with Crippen LogP contribution in [0.1, 0.15) is 29.6 Å². The van der Waals surface area contributed by atoms with Crippen LogP contribution in [-0.4, -0.2) is 22.3 Å². The Labute approximate surface area is 115 Å². The zero-order valence-electron chi connectivity index (χ0n) is 10.8. The van der Waals surface area contributed by atoms with Crippen LogP contribution in [-0.2, 0) is 6.42 Å². The van der Waals surface area contributed by atoms with Gasteiger partial charge in [0.15, 0.2) is 0 Å². The third kappa shape index (κ3) is 2.81. The predicted octanol–water partition coefficient (Wildman–Crippen LogP) is 3.71. The standard InChI is InChI=1S/C14H15NO3S/c1-3-6-10-12(14(16)17)18-13(15-10)9-7-4-5-8-11(9)19-2/h4-5,7-8H,3,6H2,1-2H3,(H,16,17). The van der Waals surface area contributed by atoms with Gasteiger partial charge in [0.2, 0.25) is 11.7 Å². The SMILES string of the molecule is CCCc1nc(-c2ccccc2SC)oc1C(=O)O. The van der Waals surface area contributed by atoms with E-state index in [2.05, 4.69) is 4.98 Å². The van der Waals surface area contributed by atoms with Crippen LogP contribution in [0.2, 0.25) is 0 Å². The van der Waals surface area contributed by atoms with Crippen LogP contribution in [0.25, 0.3) is 11.5 Å². The summed E-state index contributed by atoms with van der Waals surface area (Å²) in [6, 6.07) is 7.67. The maximum atomic E-state index is 11.2. The first-order valence-corrected chi connectivity index (χ1v) is 7.26. The molecule has 0 spiro atoms. The highest BCUT2D eigenvalue weighted by Crippen LogP contribution is 2.31. The fourth-order valence-corrected chi connectivity index (χ4v) is 2.45. The lowest BCUT2D eigenvalue weighted by Gasteiger charge is -2.01. The number of benzene rings is 1. The van der Waals surface area contributed by atoms with Crippen molar-refractivity contribution in [1.29, 1.82) is 0 Å². The Morgan fingerprint density at radius 3 is 2.79 bits per heavy atom. The Bertz CT molecular complexity index is 592. The van der Waals surface area contributed by atoms with E-state index in [0.717, 1.165) is 16.9 Å². The third-order valence-corrected chi connectivity index (χ3v) is 3.51. The second kappa shape index (κ2) is 5.93. The van der Waals surface area contributed by atoms with Gasteiger partial charge in [-0.3, -0.25) is 0 Å². The first-order chi connectivity index (χ1) is 9.17. The molecule has 0 saturated heterocycles. The van der Waals surface area contributed by atoms with Gasteiger partial charge in [-0.05, 0) is 24.8 Å². The number of aromatic carboxylic acids is 1. The molecule has 0 saturated carbocycles.